The maximum Gasteiger partial charge on any atom is 0.416 e. The predicted molar refractivity (Wildman–Crippen MR) is 72.9 cm³/mol. The van der Waals surface area contributed by atoms with Gasteiger partial charge in [-0.2, -0.15) is 13.2 Å². The molecule has 2 heterocycles. The molecule has 112 valence electrons. The second kappa shape index (κ2) is 5.09. The zero-order chi connectivity index (χ0) is 15.0. The SMILES string of the molecule is O=C(Nc1ccc(C(F)(F)F)cc1)N1C2C=CCC1CC2. The quantitative estimate of drug-likeness (QED) is 0.780. The number of fused-ring (bicyclic) bond motifs is 2. The summed E-state index contributed by atoms with van der Waals surface area (Å²) in [6, 6.07) is 4.57. The summed E-state index contributed by atoms with van der Waals surface area (Å²) in [6.07, 6.45) is 2.51. The Morgan fingerprint density at radius 3 is 2.52 bits per heavy atom. The number of nitrogens with one attached hydrogen (secondary N) is 1. The first-order valence-corrected chi connectivity index (χ1v) is 6.88. The number of nitrogens with zero attached hydrogens (tertiary/aromatic N) is 1. The van der Waals surface area contributed by atoms with E-state index in [4.69, 9.17) is 0 Å². The van der Waals surface area contributed by atoms with Crippen molar-refractivity contribution in [3.05, 3.63) is 42.0 Å². The molecule has 3 rings (SSSR count). The second-order valence-electron chi connectivity index (χ2n) is 5.37. The van der Waals surface area contributed by atoms with Crippen LogP contribution >= 0.6 is 0 Å². The first-order chi connectivity index (χ1) is 9.95. The molecule has 0 radical (unpaired) electrons. The molecular weight excluding hydrogens is 281 g/mol. The van der Waals surface area contributed by atoms with Crippen LogP contribution in [0.1, 0.15) is 24.8 Å². The normalized spacial score (nSPS) is 24.2. The minimum atomic E-state index is -4.36. The fourth-order valence-corrected chi connectivity index (χ4v) is 2.97. The van der Waals surface area contributed by atoms with Crippen molar-refractivity contribution in [1.82, 2.24) is 4.90 Å². The summed E-state index contributed by atoms with van der Waals surface area (Å²) < 4.78 is 37.4. The van der Waals surface area contributed by atoms with E-state index in [1.54, 1.807) is 4.90 Å². The Labute approximate surface area is 120 Å². The lowest BCUT2D eigenvalue weighted by Crippen LogP contribution is -2.44. The van der Waals surface area contributed by atoms with Crippen molar-refractivity contribution in [1.29, 1.82) is 0 Å². The zero-order valence-electron chi connectivity index (χ0n) is 11.2. The zero-order valence-corrected chi connectivity index (χ0v) is 11.2. The molecular formula is C15H15F3N2O. The Morgan fingerprint density at radius 1 is 1.19 bits per heavy atom. The van der Waals surface area contributed by atoms with E-state index in [0.29, 0.717) is 5.69 Å². The molecule has 1 saturated heterocycles. The smallest absolute Gasteiger partial charge is 0.315 e. The van der Waals surface area contributed by atoms with E-state index in [2.05, 4.69) is 11.4 Å². The Bertz CT molecular complexity index is 565. The fraction of sp³-hybridized carbons (Fsp3) is 0.400. The molecule has 0 aliphatic carbocycles. The van der Waals surface area contributed by atoms with Gasteiger partial charge in [0.25, 0.3) is 0 Å². The first kappa shape index (κ1) is 14.0. The minimum absolute atomic E-state index is 0.109. The number of carbonyl (C=O) groups excluding carboxylic acids is 1. The van der Waals surface area contributed by atoms with Gasteiger partial charge in [-0.15, -0.1) is 0 Å². The van der Waals surface area contributed by atoms with Crippen molar-refractivity contribution >= 4 is 11.7 Å². The average molecular weight is 296 g/mol. The van der Waals surface area contributed by atoms with Crippen molar-refractivity contribution in [3.63, 3.8) is 0 Å². The van der Waals surface area contributed by atoms with Gasteiger partial charge in [-0.05, 0) is 43.5 Å². The van der Waals surface area contributed by atoms with E-state index in [0.717, 1.165) is 31.4 Å². The molecule has 0 aromatic heterocycles. The molecule has 2 aliphatic heterocycles. The second-order valence-corrected chi connectivity index (χ2v) is 5.37. The summed E-state index contributed by atoms with van der Waals surface area (Å²) in [5.74, 6) is 0. The van der Waals surface area contributed by atoms with Crippen LogP contribution in [0.25, 0.3) is 0 Å². The van der Waals surface area contributed by atoms with Crippen LogP contribution in [0, 0.1) is 0 Å². The largest absolute Gasteiger partial charge is 0.416 e. The third kappa shape index (κ3) is 2.75. The highest BCUT2D eigenvalue weighted by molar-refractivity contribution is 5.90. The standard InChI is InChI=1S/C15H15F3N2O/c16-15(17,18)10-4-6-11(7-5-10)19-14(21)20-12-2-1-3-13(20)9-8-12/h1-2,4-7,12-13H,3,8-9H2,(H,19,21). The highest BCUT2D eigenvalue weighted by atomic mass is 19.4. The van der Waals surface area contributed by atoms with Gasteiger partial charge in [-0.3, -0.25) is 0 Å². The van der Waals surface area contributed by atoms with Gasteiger partial charge in [-0.1, -0.05) is 12.2 Å². The van der Waals surface area contributed by atoms with Gasteiger partial charge in [0.15, 0.2) is 0 Å². The first-order valence-electron chi connectivity index (χ1n) is 6.88. The van der Waals surface area contributed by atoms with E-state index < -0.39 is 11.7 Å². The highest BCUT2D eigenvalue weighted by Gasteiger charge is 2.37. The highest BCUT2D eigenvalue weighted by Crippen LogP contribution is 2.33. The fourth-order valence-electron chi connectivity index (χ4n) is 2.97. The molecule has 1 aromatic carbocycles. The van der Waals surface area contributed by atoms with Crippen molar-refractivity contribution in [2.75, 3.05) is 5.32 Å². The van der Waals surface area contributed by atoms with Gasteiger partial charge in [0.1, 0.15) is 0 Å². The van der Waals surface area contributed by atoms with E-state index >= 15 is 0 Å². The van der Waals surface area contributed by atoms with Crippen LogP contribution in [0.4, 0.5) is 23.7 Å². The van der Waals surface area contributed by atoms with Crippen LogP contribution in [0.5, 0.6) is 0 Å². The third-order valence-corrected chi connectivity index (χ3v) is 4.01. The van der Waals surface area contributed by atoms with Crippen LogP contribution < -0.4 is 5.32 Å². The molecule has 21 heavy (non-hydrogen) atoms. The molecule has 2 aliphatic rings. The number of halogens is 3. The summed E-state index contributed by atoms with van der Waals surface area (Å²) in [6.45, 7) is 0. The Balaban J connectivity index is 1.69. The topological polar surface area (TPSA) is 32.3 Å². The van der Waals surface area contributed by atoms with E-state index in [9.17, 15) is 18.0 Å². The lowest BCUT2D eigenvalue weighted by Gasteiger charge is -2.31. The molecule has 2 bridgehead atoms. The molecule has 0 saturated carbocycles. The molecule has 2 atom stereocenters. The van der Waals surface area contributed by atoms with Crippen LogP contribution in [0.3, 0.4) is 0 Å². The lowest BCUT2D eigenvalue weighted by molar-refractivity contribution is -0.137. The number of anilines is 1. The molecule has 1 N–H and O–H groups in total. The number of hydrogen-bond donors (Lipinski definition) is 1. The molecule has 0 spiro atoms. The summed E-state index contributed by atoms with van der Waals surface area (Å²) in [5, 5.41) is 2.68. The average Bonchev–Trinajstić information content (AvgIpc) is 2.68. The van der Waals surface area contributed by atoms with Gasteiger partial charge < -0.3 is 10.2 Å². The molecule has 6 heteroatoms. The Kier molecular flexibility index (Phi) is 3.39. The third-order valence-electron chi connectivity index (χ3n) is 4.01. The Morgan fingerprint density at radius 2 is 1.90 bits per heavy atom. The molecule has 3 nitrogen and oxygen atoms in total. The summed E-state index contributed by atoms with van der Waals surface area (Å²) in [5.41, 5.74) is -0.344. The van der Waals surface area contributed by atoms with Crippen molar-refractivity contribution in [3.8, 4) is 0 Å². The molecule has 1 fully saturated rings. The number of alkyl halides is 3. The van der Waals surface area contributed by atoms with E-state index in [1.165, 1.54) is 12.1 Å². The minimum Gasteiger partial charge on any atom is -0.315 e. The number of hydrogen-bond acceptors (Lipinski definition) is 1. The van der Waals surface area contributed by atoms with Crippen molar-refractivity contribution < 1.29 is 18.0 Å². The van der Waals surface area contributed by atoms with Crippen LogP contribution in [-0.2, 0) is 6.18 Å². The number of rotatable bonds is 1. The molecule has 1 aromatic rings. The molecule has 2 amide bonds. The van der Waals surface area contributed by atoms with Gasteiger partial charge in [0.05, 0.1) is 11.6 Å². The van der Waals surface area contributed by atoms with Gasteiger partial charge >= 0.3 is 12.2 Å². The van der Waals surface area contributed by atoms with Crippen molar-refractivity contribution in [2.24, 2.45) is 0 Å². The number of carbonyl (C=O) groups is 1. The Hall–Kier alpha value is -1.98. The summed E-state index contributed by atoms with van der Waals surface area (Å²) >= 11 is 0. The van der Waals surface area contributed by atoms with Gasteiger partial charge in [0.2, 0.25) is 0 Å². The van der Waals surface area contributed by atoms with Crippen LogP contribution in [-0.4, -0.2) is 23.0 Å². The number of urea groups is 1. The number of amides is 2. The van der Waals surface area contributed by atoms with Crippen LogP contribution in [0.2, 0.25) is 0 Å². The van der Waals surface area contributed by atoms with E-state index in [-0.39, 0.29) is 18.1 Å². The maximum absolute atomic E-state index is 12.5. The maximum atomic E-state index is 12.5. The monoisotopic (exact) mass is 296 g/mol. The lowest BCUT2D eigenvalue weighted by atomic mass is 10.1. The van der Waals surface area contributed by atoms with Crippen molar-refractivity contribution in [2.45, 2.75) is 37.5 Å². The summed E-state index contributed by atoms with van der Waals surface area (Å²) in [4.78, 5) is 14.1. The predicted octanol–water partition coefficient (Wildman–Crippen LogP) is 4.03. The van der Waals surface area contributed by atoms with Crippen LogP contribution in [0.15, 0.2) is 36.4 Å². The molecule has 2 unspecified atom stereocenters. The van der Waals surface area contributed by atoms with Gasteiger partial charge in [0, 0.05) is 11.7 Å². The number of benzene rings is 1. The van der Waals surface area contributed by atoms with E-state index in [1.807, 2.05) is 6.08 Å². The summed E-state index contributed by atoms with van der Waals surface area (Å²) in [7, 11) is 0. The van der Waals surface area contributed by atoms with Gasteiger partial charge in [-0.25, -0.2) is 4.79 Å².